The van der Waals surface area contributed by atoms with Crippen LogP contribution in [0.1, 0.15) is 62.3 Å². The Labute approximate surface area is 180 Å². The predicted molar refractivity (Wildman–Crippen MR) is 120 cm³/mol. The van der Waals surface area contributed by atoms with E-state index in [-0.39, 0.29) is 5.92 Å². The van der Waals surface area contributed by atoms with Crippen LogP contribution < -0.4 is 5.73 Å². The number of nitrogens with two attached hydrogens (primary N) is 1. The van der Waals surface area contributed by atoms with Crippen molar-refractivity contribution in [2.75, 3.05) is 18.8 Å². The Morgan fingerprint density at radius 2 is 2.07 bits per heavy atom. The molecule has 0 bridgehead atoms. The molecule has 5 nitrogen and oxygen atoms in total. The molecule has 1 aromatic heterocycles. The van der Waals surface area contributed by atoms with Gasteiger partial charge in [-0.3, -0.25) is 9.69 Å². The highest BCUT2D eigenvalue weighted by Crippen LogP contribution is 2.38. The third-order valence-corrected chi connectivity index (χ3v) is 6.93. The van der Waals surface area contributed by atoms with Gasteiger partial charge in [0, 0.05) is 37.3 Å². The predicted octanol–water partition coefficient (Wildman–Crippen LogP) is 4.03. The van der Waals surface area contributed by atoms with E-state index in [4.69, 9.17) is 5.73 Å². The maximum absolute atomic E-state index is 12.9. The summed E-state index contributed by atoms with van der Waals surface area (Å²) in [4.78, 5) is 24.3. The number of likely N-dealkylation sites (tertiary alicyclic amines) is 1. The summed E-state index contributed by atoms with van der Waals surface area (Å²) in [6.45, 7) is 6.53. The molecular formula is C25H34N4O. The van der Waals surface area contributed by atoms with Crippen LogP contribution in [0.4, 0.5) is 5.95 Å². The zero-order valence-corrected chi connectivity index (χ0v) is 18.3. The van der Waals surface area contributed by atoms with Crippen LogP contribution in [0.3, 0.4) is 0 Å². The molecule has 1 fully saturated rings. The Bertz CT molecular complexity index is 869. The van der Waals surface area contributed by atoms with Crippen LogP contribution in [0.25, 0.3) is 0 Å². The molecule has 2 heterocycles. The number of carbonyl (C=O) groups is 1. The number of nitrogens with zero attached hydrogens (tertiary/aromatic N) is 3. The van der Waals surface area contributed by atoms with Crippen molar-refractivity contribution in [2.45, 2.75) is 64.3 Å². The SMILES string of the molecule is CCCN1C[C@@H](CC(=O)C[C@@H](C)c2ccccc2)C[C@@H]2Cc3nc(N)ncc3C[C@H]21. The number of Topliss-reactive ketones (excluding diaryl/α,β-unsaturated/α-hetero) is 1. The Balaban J connectivity index is 1.42. The summed E-state index contributed by atoms with van der Waals surface area (Å²) in [6.07, 6.45) is 7.46. The molecule has 0 radical (unpaired) electrons. The van der Waals surface area contributed by atoms with Crippen LogP contribution in [-0.4, -0.2) is 39.8 Å². The Kier molecular flexibility index (Phi) is 6.47. The van der Waals surface area contributed by atoms with Gasteiger partial charge in [0.1, 0.15) is 5.78 Å². The maximum atomic E-state index is 12.9. The number of aromatic nitrogens is 2. The highest BCUT2D eigenvalue weighted by Gasteiger charge is 2.39. The van der Waals surface area contributed by atoms with Crippen molar-refractivity contribution < 1.29 is 4.79 Å². The second-order valence-electron chi connectivity index (χ2n) is 9.29. The number of benzene rings is 1. The van der Waals surface area contributed by atoms with Crippen LogP contribution in [0.15, 0.2) is 36.5 Å². The van der Waals surface area contributed by atoms with E-state index in [1.165, 1.54) is 11.1 Å². The first-order chi connectivity index (χ1) is 14.5. The van der Waals surface area contributed by atoms with Crippen molar-refractivity contribution in [1.29, 1.82) is 0 Å². The lowest BCUT2D eigenvalue weighted by molar-refractivity contribution is -0.121. The van der Waals surface area contributed by atoms with Crippen LogP contribution in [0.5, 0.6) is 0 Å². The summed E-state index contributed by atoms with van der Waals surface area (Å²) >= 11 is 0. The van der Waals surface area contributed by atoms with Crippen LogP contribution in [0.2, 0.25) is 0 Å². The number of carbonyl (C=O) groups excluding carboxylic acids is 1. The summed E-state index contributed by atoms with van der Waals surface area (Å²) in [6, 6.07) is 10.9. The second kappa shape index (κ2) is 9.25. The van der Waals surface area contributed by atoms with Gasteiger partial charge in [-0.1, -0.05) is 44.2 Å². The topological polar surface area (TPSA) is 72.1 Å². The molecule has 4 atom stereocenters. The lowest BCUT2D eigenvalue weighted by atomic mass is 9.73. The smallest absolute Gasteiger partial charge is 0.220 e. The van der Waals surface area contributed by atoms with E-state index < -0.39 is 0 Å². The third kappa shape index (κ3) is 4.72. The first-order valence-corrected chi connectivity index (χ1v) is 11.4. The lowest BCUT2D eigenvalue weighted by Gasteiger charge is -2.47. The minimum atomic E-state index is 0.281. The first kappa shape index (κ1) is 21.0. The fourth-order valence-corrected chi connectivity index (χ4v) is 5.56. The fourth-order valence-electron chi connectivity index (χ4n) is 5.56. The number of hydrogen-bond donors (Lipinski definition) is 1. The number of nitrogen functional groups attached to an aromatic ring is 1. The van der Waals surface area contributed by atoms with Crippen molar-refractivity contribution >= 4 is 11.7 Å². The molecule has 0 amide bonds. The van der Waals surface area contributed by atoms with Gasteiger partial charge in [0.15, 0.2) is 0 Å². The van der Waals surface area contributed by atoms with E-state index in [0.29, 0.717) is 42.5 Å². The fraction of sp³-hybridized carbons (Fsp3) is 0.560. The zero-order chi connectivity index (χ0) is 21.1. The van der Waals surface area contributed by atoms with Crippen LogP contribution >= 0.6 is 0 Å². The minimum absolute atomic E-state index is 0.281. The van der Waals surface area contributed by atoms with Gasteiger partial charge in [-0.05, 0) is 61.1 Å². The summed E-state index contributed by atoms with van der Waals surface area (Å²) < 4.78 is 0. The van der Waals surface area contributed by atoms with Gasteiger partial charge in [-0.25, -0.2) is 9.97 Å². The van der Waals surface area contributed by atoms with Crippen molar-refractivity contribution in [3.63, 3.8) is 0 Å². The van der Waals surface area contributed by atoms with E-state index in [0.717, 1.165) is 44.5 Å². The van der Waals surface area contributed by atoms with Crippen molar-refractivity contribution in [2.24, 2.45) is 11.8 Å². The second-order valence-corrected chi connectivity index (χ2v) is 9.29. The number of hydrogen-bond acceptors (Lipinski definition) is 5. The first-order valence-electron chi connectivity index (χ1n) is 11.4. The number of fused-ring (bicyclic) bond motifs is 2. The highest BCUT2D eigenvalue weighted by molar-refractivity contribution is 5.79. The molecule has 160 valence electrons. The molecular weight excluding hydrogens is 372 g/mol. The van der Waals surface area contributed by atoms with Crippen molar-refractivity contribution in [1.82, 2.24) is 14.9 Å². The van der Waals surface area contributed by atoms with E-state index in [2.05, 4.69) is 53.0 Å². The molecule has 0 spiro atoms. The lowest BCUT2D eigenvalue weighted by Crippen LogP contribution is -2.52. The average Bonchev–Trinajstić information content (AvgIpc) is 2.73. The molecule has 30 heavy (non-hydrogen) atoms. The summed E-state index contributed by atoms with van der Waals surface area (Å²) in [7, 11) is 0. The minimum Gasteiger partial charge on any atom is -0.368 e. The van der Waals surface area contributed by atoms with Gasteiger partial charge in [0.25, 0.3) is 0 Å². The Morgan fingerprint density at radius 3 is 2.83 bits per heavy atom. The molecule has 4 rings (SSSR count). The molecule has 1 aliphatic heterocycles. The van der Waals surface area contributed by atoms with Gasteiger partial charge in [0.2, 0.25) is 5.95 Å². The number of ketones is 1. The van der Waals surface area contributed by atoms with Crippen LogP contribution in [-0.2, 0) is 17.6 Å². The highest BCUT2D eigenvalue weighted by atomic mass is 16.1. The summed E-state index contributed by atoms with van der Waals surface area (Å²) in [5.74, 6) is 2.04. The van der Waals surface area contributed by atoms with E-state index in [1.54, 1.807) is 0 Å². The Morgan fingerprint density at radius 1 is 1.27 bits per heavy atom. The standard InChI is InChI=1S/C25H34N4O/c1-3-9-29-16-18(12-22(30)10-17(2)19-7-5-4-6-8-19)11-20-13-23-21(14-24(20)29)15-27-25(26)28-23/h4-8,15,17-18,20,24H,3,9-14,16H2,1-2H3,(H2,26,27,28)/t17-,18-,20-,24-/m1/s1. The van der Waals surface area contributed by atoms with Gasteiger partial charge in [-0.15, -0.1) is 0 Å². The molecule has 0 saturated carbocycles. The van der Waals surface area contributed by atoms with Gasteiger partial charge < -0.3 is 5.73 Å². The van der Waals surface area contributed by atoms with E-state index >= 15 is 0 Å². The monoisotopic (exact) mass is 406 g/mol. The molecule has 2 aliphatic rings. The molecule has 1 aliphatic carbocycles. The van der Waals surface area contributed by atoms with Gasteiger partial charge >= 0.3 is 0 Å². The molecule has 2 aromatic rings. The van der Waals surface area contributed by atoms with Crippen molar-refractivity contribution in [3.05, 3.63) is 53.3 Å². The van der Waals surface area contributed by atoms with Gasteiger partial charge in [-0.2, -0.15) is 0 Å². The molecule has 0 unspecified atom stereocenters. The largest absolute Gasteiger partial charge is 0.368 e. The van der Waals surface area contributed by atoms with Crippen LogP contribution in [0, 0.1) is 11.8 Å². The molecule has 5 heteroatoms. The number of rotatable bonds is 7. The zero-order valence-electron chi connectivity index (χ0n) is 18.3. The number of piperidine rings is 1. The third-order valence-electron chi connectivity index (χ3n) is 6.93. The van der Waals surface area contributed by atoms with Gasteiger partial charge in [0.05, 0.1) is 0 Å². The average molecular weight is 407 g/mol. The van der Waals surface area contributed by atoms with E-state index in [9.17, 15) is 4.79 Å². The van der Waals surface area contributed by atoms with E-state index in [1.807, 2.05) is 12.3 Å². The maximum Gasteiger partial charge on any atom is 0.220 e. The molecule has 1 saturated heterocycles. The summed E-state index contributed by atoms with van der Waals surface area (Å²) in [5.41, 5.74) is 9.45. The Hall–Kier alpha value is -2.27. The quantitative estimate of drug-likeness (QED) is 0.752. The summed E-state index contributed by atoms with van der Waals surface area (Å²) in [5, 5.41) is 0. The molecule has 1 aromatic carbocycles. The normalized spacial score (nSPS) is 24.7. The van der Waals surface area contributed by atoms with Crippen molar-refractivity contribution in [3.8, 4) is 0 Å². The number of anilines is 1. The molecule has 2 N–H and O–H groups in total.